The first-order valence-corrected chi connectivity index (χ1v) is 6.74. The van der Waals surface area contributed by atoms with Crippen LogP contribution >= 0.6 is 11.6 Å². The van der Waals surface area contributed by atoms with E-state index in [-0.39, 0.29) is 12.1 Å². The van der Waals surface area contributed by atoms with E-state index in [1.54, 1.807) is 6.07 Å². The highest BCUT2D eigenvalue weighted by molar-refractivity contribution is 6.31. The Morgan fingerprint density at radius 1 is 1.50 bits per heavy atom. The SMILES string of the molecule is O=C(O)CCN(Cc1ccc([N+](=O)[O-])cc1Cl)C1CC1. The van der Waals surface area contributed by atoms with Crippen LogP contribution in [0.3, 0.4) is 0 Å². The molecule has 1 N–H and O–H groups in total. The number of halogens is 1. The van der Waals surface area contributed by atoms with Crippen molar-refractivity contribution < 1.29 is 14.8 Å². The number of carboxylic acid groups (broad SMARTS) is 1. The van der Waals surface area contributed by atoms with E-state index in [2.05, 4.69) is 4.90 Å². The molecule has 6 nitrogen and oxygen atoms in total. The van der Waals surface area contributed by atoms with Crippen molar-refractivity contribution in [3.8, 4) is 0 Å². The van der Waals surface area contributed by atoms with E-state index in [9.17, 15) is 14.9 Å². The number of nitrogens with zero attached hydrogens (tertiary/aromatic N) is 2. The van der Waals surface area contributed by atoms with Gasteiger partial charge in [0, 0.05) is 31.3 Å². The monoisotopic (exact) mass is 298 g/mol. The van der Waals surface area contributed by atoms with E-state index >= 15 is 0 Å². The van der Waals surface area contributed by atoms with Crippen LogP contribution in [0.5, 0.6) is 0 Å². The number of hydrogen-bond donors (Lipinski definition) is 1. The summed E-state index contributed by atoms with van der Waals surface area (Å²) in [5.74, 6) is -0.828. The van der Waals surface area contributed by atoms with E-state index < -0.39 is 10.9 Å². The van der Waals surface area contributed by atoms with Crippen LogP contribution < -0.4 is 0 Å². The van der Waals surface area contributed by atoms with Crippen molar-refractivity contribution >= 4 is 23.3 Å². The molecule has 1 aromatic carbocycles. The second-order valence-corrected chi connectivity index (χ2v) is 5.29. The summed E-state index contributed by atoms with van der Waals surface area (Å²) in [6.07, 6.45) is 2.20. The maximum Gasteiger partial charge on any atom is 0.304 e. The molecule has 0 heterocycles. The fraction of sp³-hybridized carbons (Fsp3) is 0.462. The Balaban J connectivity index is 2.06. The lowest BCUT2D eigenvalue weighted by Gasteiger charge is -2.21. The Labute approximate surface area is 121 Å². The van der Waals surface area contributed by atoms with Crippen molar-refractivity contribution in [1.82, 2.24) is 4.90 Å². The molecule has 0 unspecified atom stereocenters. The Hall–Kier alpha value is -1.66. The first-order chi connectivity index (χ1) is 9.47. The summed E-state index contributed by atoms with van der Waals surface area (Å²) in [7, 11) is 0. The number of nitro benzene ring substituents is 1. The highest BCUT2D eigenvalue weighted by atomic mass is 35.5. The molecule has 1 aromatic rings. The molecule has 1 aliphatic carbocycles. The predicted octanol–water partition coefficient (Wildman–Crippen LogP) is 2.69. The van der Waals surface area contributed by atoms with Gasteiger partial charge in [0.05, 0.1) is 16.4 Å². The van der Waals surface area contributed by atoms with E-state index in [0.29, 0.717) is 24.2 Å². The van der Waals surface area contributed by atoms with E-state index in [0.717, 1.165) is 18.4 Å². The zero-order valence-electron chi connectivity index (χ0n) is 10.8. The van der Waals surface area contributed by atoms with E-state index in [1.165, 1.54) is 12.1 Å². The van der Waals surface area contributed by atoms with Gasteiger partial charge in [-0.1, -0.05) is 11.6 Å². The summed E-state index contributed by atoms with van der Waals surface area (Å²) in [5.41, 5.74) is 0.747. The lowest BCUT2D eigenvalue weighted by Crippen LogP contribution is -2.28. The lowest BCUT2D eigenvalue weighted by atomic mass is 10.2. The third-order valence-corrected chi connectivity index (χ3v) is 3.65. The highest BCUT2D eigenvalue weighted by Gasteiger charge is 2.29. The van der Waals surface area contributed by atoms with Gasteiger partial charge in [-0.25, -0.2) is 0 Å². The Morgan fingerprint density at radius 3 is 2.70 bits per heavy atom. The molecule has 0 spiro atoms. The molecule has 1 saturated carbocycles. The van der Waals surface area contributed by atoms with Crippen molar-refractivity contribution in [3.63, 3.8) is 0 Å². The normalized spacial score (nSPS) is 14.5. The van der Waals surface area contributed by atoms with Crippen LogP contribution in [0, 0.1) is 10.1 Å². The molecule has 0 atom stereocenters. The molecule has 0 amide bonds. The largest absolute Gasteiger partial charge is 0.481 e. The number of aliphatic carboxylic acids is 1. The Kier molecular flexibility index (Phi) is 4.57. The molecule has 0 aromatic heterocycles. The first kappa shape index (κ1) is 14.7. The van der Waals surface area contributed by atoms with Crippen molar-refractivity contribution in [2.75, 3.05) is 6.54 Å². The first-order valence-electron chi connectivity index (χ1n) is 6.36. The predicted molar refractivity (Wildman–Crippen MR) is 73.8 cm³/mol. The number of carbonyl (C=O) groups is 1. The summed E-state index contributed by atoms with van der Waals surface area (Å²) in [6, 6.07) is 4.79. The molecule has 0 saturated heterocycles. The average Bonchev–Trinajstić information content (AvgIpc) is 3.19. The Morgan fingerprint density at radius 2 is 2.20 bits per heavy atom. The summed E-state index contributed by atoms with van der Waals surface area (Å²) in [6.45, 7) is 0.988. The molecule has 7 heteroatoms. The molecule has 2 rings (SSSR count). The van der Waals surface area contributed by atoms with Gasteiger partial charge < -0.3 is 5.11 Å². The van der Waals surface area contributed by atoms with Crippen LogP contribution in [0.1, 0.15) is 24.8 Å². The Bertz CT molecular complexity index is 531. The van der Waals surface area contributed by atoms with Gasteiger partial charge in [0.1, 0.15) is 0 Å². The summed E-state index contributed by atoms with van der Waals surface area (Å²) in [5, 5.41) is 19.8. The molecule has 1 fully saturated rings. The summed E-state index contributed by atoms with van der Waals surface area (Å²) in [4.78, 5) is 22.9. The standard InChI is InChI=1S/C13H15ClN2O4/c14-12-7-11(16(19)20)2-1-9(12)8-15(10-3-4-10)6-5-13(17)18/h1-2,7,10H,3-6,8H2,(H,17,18). The summed E-state index contributed by atoms with van der Waals surface area (Å²) >= 11 is 6.06. The zero-order chi connectivity index (χ0) is 14.7. The summed E-state index contributed by atoms with van der Waals surface area (Å²) < 4.78 is 0. The fourth-order valence-electron chi connectivity index (χ4n) is 2.07. The van der Waals surface area contributed by atoms with E-state index in [1.807, 2.05) is 0 Å². The lowest BCUT2D eigenvalue weighted by molar-refractivity contribution is -0.384. The fourth-order valence-corrected chi connectivity index (χ4v) is 2.30. The minimum absolute atomic E-state index is 0.0396. The van der Waals surface area contributed by atoms with Gasteiger partial charge in [-0.3, -0.25) is 19.8 Å². The molecular formula is C13H15ClN2O4. The molecule has 20 heavy (non-hydrogen) atoms. The van der Waals surface area contributed by atoms with Crippen LogP contribution in [-0.4, -0.2) is 33.5 Å². The number of hydrogen-bond acceptors (Lipinski definition) is 4. The smallest absolute Gasteiger partial charge is 0.304 e. The van der Waals surface area contributed by atoms with Crippen molar-refractivity contribution in [2.24, 2.45) is 0 Å². The molecule has 0 aliphatic heterocycles. The molecular weight excluding hydrogens is 284 g/mol. The van der Waals surface area contributed by atoms with Crippen molar-refractivity contribution in [1.29, 1.82) is 0 Å². The van der Waals surface area contributed by atoms with Gasteiger partial charge in [-0.05, 0) is 24.5 Å². The number of nitro groups is 1. The molecule has 1 aliphatic rings. The van der Waals surface area contributed by atoms with Crippen LogP contribution in [0.2, 0.25) is 5.02 Å². The minimum atomic E-state index is -0.828. The zero-order valence-corrected chi connectivity index (χ0v) is 11.5. The quantitative estimate of drug-likeness (QED) is 0.618. The third kappa shape index (κ3) is 3.91. The van der Waals surface area contributed by atoms with Gasteiger partial charge in [-0.2, -0.15) is 0 Å². The molecule has 0 radical (unpaired) electrons. The number of rotatable bonds is 7. The minimum Gasteiger partial charge on any atom is -0.481 e. The van der Waals surface area contributed by atoms with Gasteiger partial charge in [0.15, 0.2) is 0 Å². The van der Waals surface area contributed by atoms with Crippen LogP contribution in [-0.2, 0) is 11.3 Å². The topological polar surface area (TPSA) is 83.7 Å². The van der Waals surface area contributed by atoms with Gasteiger partial charge in [0.25, 0.3) is 5.69 Å². The number of non-ortho nitro benzene ring substituents is 1. The van der Waals surface area contributed by atoms with Crippen molar-refractivity contribution in [3.05, 3.63) is 38.9 Å². The van der Waals surface area contributed by atoms with Gasteiger partial charge >= 0.3 is 5.97 Å². The van der Waals surface area contributed by atoms with Gasteiger partial charge in [-0.15, -0.1) is 0 Å². The van der Waals surface area contributed by atoms with Crippen LogP contribution in [0.15, 0.2) is 18.2 Å². The van der Waals surface area contributed by atoms with Gasteiger partial charge in [0.2, 0.25) is 0 Å². The second-order valence-electron chi connectivity index (χ2n) is 4.88. The van der Waals surface area contributed by atoms with E-state index in [4.69, 9.17) is 16.7 Å². The number of carboxylic acids is 1. The highest BCUT2D eigenvalue weighted by Crippen LogP contribution is 2.30. The average molecular weight is 299 g/mol. The van der Waals surface area contributed by atoms with Crippen LogP contribution in [0.25, 0.3) is 0 Å². The molecule has 0 bridgehead atoms. The number of benzene rings is 1. The van der Waals surface area contributed by atoms with Crippen molar-refractivity contribution in [2.45, 2.75) is 31.8 Å². The maximum atomic E-state index is 10.7. The maximum absolute atomic E-state index is 10.7. The second kappa shape index (κ2) is 6.19. The van der Waals surface area contributed by atoms with Crippen LogP contribution in [0.4, 0.5) is 5.69 Å². The third-order valence-electron chi connectivity index (χ3n) is 3.30. The molecule has 108 valence electrons.